The Morgan fingerprint density at radius 1 is 1.25 bits per heavy atom. The Labute approximate surface area is 125 Å². The van der Waals surface area contributed by atoms with Gasteiger partial charge in [0.25, 0.3) is 10.0 Å². The summed E-state index contributed by atoms with van der Waals surface area (Å²) in [6, 6.07) is 6.76. The van der Waals surface area contributed by atoms with Crippen molar-refractivity contribution in [2.45, 2.75) is 11.4 Å². The average molecular weight is 357 g/mol. The molecule has 1 heterocycles. The van der Waals surface area contributed by atoms with Crippen molar-refractivity contribution in [2.75, 3.05) is 11.8 Å². The highest BCUT2D eigenvalue weighted by Gasteiger charge is 2.19. The highest BCUT2D eigenvalue weighted by molar-refractivity contribution is 9.10. The monoisotopic (exact) mass is 356 g/mol. The van der Waals surface area contributed by atoms with E-state index >= 15 is 0 Å². The molecule has 2 rings (SSSR count). The van der Waals surface area contributed by atoms with Gasteiger partial charge in [-0.1, -0.05) is 6.07 Å². The Balaban J connectivity index is 2.36. The summed E-state index contributed by atoms with van der Waals surface area (Å²) in [6.45, 7) is 0.581. The standard InChI is InChI=1S/C12H13BrN4O2S/c1-14-8-9-3-4-10(13)11(7-9)20(18,19)17-12-15-5-2-6-16-12/h2-7,14H,8H2,1H3,(H,15,16,17). The molecule has 106 valence electrons. The summed E-state index contributed by atoms with van der Waals surface area (Å²) in [5.74, 6) is 0.0402. The van der Waals surface area contributed by atoms with Crippen LogP contribution in [0.2, 0.25) is 0 Å². The fourth-order valence-corrected chi connectivity index (χ4v) is 3.57. The van der Waals surface area contributed by atoms with Gasteiger partial charge in [-0.05, 0) is 46.7 Å². The Morgan fingerprint density at radius 3 is 2.60 bits per heavy atom. The van der Waals surface area contributed by atoms with E-state index in [0.29, 0.717) is 11.0 Å². The van der Waals surface area contributed by atoms with Crippen LogP contribution >= 0.6 is 15.9 Å². The van der Waals surface area contributed by atoms with Gasteiger partial charge in [-0.25, -0.2) is 23.1 Å². The smallest absolute Gasteiger partial charge is 0.265 e. The van der Waals surface area contributed by atoms with Crippen molar-refractivity contribution in [3.05, 3.63) is 46.7 Å². The molecule has 0 atom stereocenters. The summed E-state index contributed by atoms with van der Waals surface area (Å²) in [5, 5.41) is 2.98. The molecule has 1 aromatic carbocycles. The summed E-state index contributed by atoms with van der Waals surface area (Å²) < 4.78 is 27.5. The maximum Gasteiger partial charge on any atom is 0.265 e. The fraction of sp³-hybridized carbons (Fsp3) is 0.167. The summed E-state index contributed by atoms with van der Waals surface area (Å²) in [7, 11) is -1.94. The number of nitrogens with one attached hydrogen (secondary N) is 2. The third kappa shape index (κ3) is 3.53. The highest BCUT2D eigenvalue weighted by atomic mass is 79.9. The van der Waals surface area contributed by atoms with Crippen LogP contribution in [0.4, 0.5) is 5.95 Å². The lowest BCUT2D eigenvalue weighted by molar-refractivity contribution is 0.600. The van der Waals surface area contributed by atoms with E-state index in [9.17, 15) is 8.42 Å². The van der Waals surface area contributed by atoms with Crippen molar-refractivity contribution in [2.24, 2.45) is 0 Å². The molecule has 2 aromatic rings. The topological polar surface area (TPSA) is 84.0 Å². The molecule has 0 saturated heterocycles. The Hall–Kier alpha value is -1.51. The zero-order valence-corrected chi connectivity index (χ0v) is 13.1. The molecule has 0 radical (unpaired) electrons. The number of hydrogen-bond acceptors (Lipinski definition) is 5. The SMILES string of the molecule is CNCc1ccc(Br)c(S(=O)(=O)Nc2ncccn2)c1. The van der Waals surface area contributed by atoms with E-state index in [0.717, 1.165) is 5.56 Å². The molecule has 8 heteroatoms. The minimum atomic E-state index is -3.73. The van der Waals surface area contributed by atoms with Crippen LogP contribution in [0.3, 0.4) is 0 Å². The third-order valence-electron chi connectivity index (χ3n) is 2.46. The molecule has 0 unspecified atom stereocenters. The van der Waals surface area contributed by atoms with Gasteiger partial charge in [0, 0.05) is 23.4 Å². The molecule has 6 nitrogen and oxygen atoms in total. The van der Waals surface area contributed by atoms with Crippen molar-refractivity contribution >= 4 is 31.9 Å². The molecular formula is C12H13BrN4O2S. The molecule has 0 spiro atoms. The molecule has 0 aliphatic carbocycles. The van der Waals surface area contributed by atoms with Crippen molar-refractivity contribution in [1.82, 2.24) is 15.3 Å². The number of benzene rings is 1. The second kappa shape index (κ2) is 6.29. The largest absolute Gasteiger partial charge is 0.316 e. The number of aromatic nitrogens is 2. The predicted molar refractivity (Wildman–Crippen MR) is 79.7 cm³/mol. The van der Waals surface area contributed by atoms with Gasteiger partial charge in [0.1, 0.15) is 4.90 Å². The maximum absolute atomic E-state index is 12.3. The molecule has 0 aliphatic rings. The second-order valence-corrected chi connectivity index (χ2v) is 6.48. The fourth-order valence-electron chi connectivity index (χ4n) is 1.59. The molecule has 0 fully saturated rings. The summed E-state index contributed by atoms with van der Waals surface area (Å²) in [4.78, 5) is 7.85. The van der Waals surface area contributed by atoms with E-state index in [-0.39, 0.29) is 10.8 Å². The van der Waals surface area contributed by atoms with Crippen molar-refractivity contribution in [3.63, 3.8) is 0 Å². The lowest BCUT2D eigenvalue weighted by Crippen LogP contribution is -2.16. The van der Waals surface area contributed by atoms with Gasteiger partial charge in [0.15, 0.2) is 0 Å². The predicted octanol–water partition coefficient (Wildman–Crippen LogP) is 1.76. The summed E-state index contributed by atoms with van der Waals surface area (Å²) in [5.41, 5.74) is 0.866. The maximum atomic E-state index is 12.3. The van der Waals surface area contributed by atoms with Crippen molar-refractivity contribution in [3.8, 4) is 0 Å². The highest BCUT2D eigenvalue weighted by Crippen LogP contribution is 2.24. The van der Waals surface area contributed by atoms with Crippen LogP contribution < -0.4 is 10.0 Å². The van der Waals surface area contributed by atoms with E-state index in [1.807, 2.05) is 6.07 Å². The molecule has 20 heavy (non-hydrogen) atoms. The first kappa shape index (κ1) is 14.9. The van der Waals surface area contributed by atoms with Gasteiger partial charge in [-0.2, -0.15) is 0 Å². The number of nitrogens with zero attached hydrogens (tertiary/aromatic N) is 2. The Bertz CT molecular complexity index is 692. The number of hydrogen-bond donors (Lipinski definition) is 2. The van der Waals surface area contributed by atoms with Crippen LogP contribution in [0.1, 0.15) is 5.56 Å². The van der Waals surface area contributed by atoms with Crippen LogP contribution in [0, 0.1) is 0 Å². The number of halogens is 1. The first-order valence-corrected chi connectivity index (χ1v) is 8.03. The summed E-state index contributed by atoms with van der Waals surface area (Å²) in [6.07, 6.45) is 2.94. The minimum Gasteiger partial charge on any atom is -0.316 e. The van der Waals surface area contributed by atoms with Crippen LogP contribution in [0.15, 0.2) is 46.0 Å². The van der Waals surface area contributed by atoms with Gasteiger partial charge >= 0.3 is 0 Å². The second-order valence-electron chi connectivity index (χ2n) is 3.97. The van der Waals surface area contributed by atoms with Crippen LogP contribution in [0.5, 0.6) is 0 Å². The quantitative estimate of drug-likeness (QED) is 0.852. The van der Waals surface area contributed by atoms with Crippen LogP contribution in [-0.4, -0.2) is 25.4 Å². The molecular weight excluding hydrogens is 344 g/mol. The van der Waals surface area contributed by atoms with E-state index < -0.39 is 10.0 Å². The van der Waals surface area contributed by atoms with Crippen LogP contribution in [-0.2, 0) is 16.6 Å². The van der Waals surface area contributed by atoms with Crippen LogP contribution in [0.25, 0.3) is 0 Å². The normalized spacial score (nSPS) is 11.3. The van der Waals surface area contributed by atoms with Gasteiger partial charge in [0.2, 0.25) is 5.95 Å². The number of rotatable bonds is 5. The van der Waals surface area contributed by atoms with Gasteiger partial charge < -0.3 is 5.32 Å². The van der Waals surface area contributed by atoms with E-state index in [4.69, 9.17) is 0 Å². The first-order chi connectivity index (χ1) is 9.53. The zero-order chi connectivity index (χ0) is 14.6. The van der Waals surface area contributed by atoms with Crippen molar-refractivity contribution < 1.29 is 8.42 Å². The molecule has 0 aliphatic heterocycles. The average Bonchev–Trinajstić information content (AvgIpc) is 2.42. The first-order valence-electron chi connectivity index (χ1n) is 5.76. The Kier molecular flexibility index (Phi) is 4.69. The molecule has 0 saturated carbocycles. The van der Waals surface area contributed by atoms with Crippen molar-refractivity contribution in [1.29, 1.82) is 0 Å². The van der Waals surface area contributed by atoms with Gasteiger partial charge in [-0.15, -0.1) is 0 Å². The Morgan fingerprint density at radius 2 is 1.95 bits per heavy atom. The van der Waals surface area contributed by atoms with Gasteiger partial charge in [-0.3, -0.25) is 0 Å². The number of anilines is 1. The molecule has 2 N–H and O–H groups in total. The van der Waals surface area contributed by atoms with E-state index in [2.05, 4.69) is 35.9 Å². The minimum absolute atomic E-state index is 0.0402. The molecule has 0 bridgehead atoms. The zero-order valence-electron chi connectivity index (χ0n) is 10.7. The van der Waals surface area contributed by atoms with E-state index in [1.54, 1.807) is 25.2 Å². The molecule has 0 amide bonds. The number of sulfonamides is 1. The lowest BCUT2D eigenvalue weighted by atomic mass is 10.2. The summed E-state index contributed by atoms with van der Waals surface area (Å²) >= 11 is 3.25. The van der Waals surface area contributed by atoms with Gasteiger partial charge in [0.05, 0.1) is 0 Å². The third-order valence-corrected chi connectivity index (χ3v) is 4.78. The molecule has 1 aromatic heterocycles. The lowest BCUT2D eigenvalue weighted by Gasteiger charge is -2.10. The van der Waals surface area contributed by atoms with E-state index in [1.165, 1.54) is 12.4 Å².